The van der Waals surface area contributed by atoms with Crippen LogP contribution in [0.4, 0.5) is 0 Å². The largest absolute Gasteiger partial charge is 0.334 e. The van der Waals surface area contributed by atoms with Gasteiger partial charge in [0.2, 0.25) is 10.0 Å². The van der Waals surface area contributed by atoms with E-state index in [9.17, 15) is 13.2 Å². The topological polar surface area (TPSA) is 92.5 Å². The number of carbonyl (C=O) groups is 1. The molecule has 0 heterocycles. The SMILES string of the molecule is CC(C)NS(=O)(=O)c1cccc(C(=O)N(CCCN)Cc2ccccc2)c1.Cl. The molecule has 1 amide bonds. The van der Waals surface area contributed by atoms with E-state index < -0.39 is 10.0 Å². The lowest BCUT2D eigenvalue weighted by Gasteiger charge is -2.23. The van der Waals surface area contributed by atoms with Crippen LogP contribution in [-0.4, -0.2) is 38.4 Å². The van der Waals surface area contributed by atoms with Gasteiger partial charge in [0.1, 0.15) is 0 Å². The highest BCUT2D eigenvalue weighted by molar-refractivity contribution is 7.89. The van der Waals surface area contributed by atoms with Crippen molar-refractivity contribution in [1.82, 2.24) is 9.62 Å². The van der Waals surface area contributed by atoms with Crippen molar-refractivity contribution < 1.29 is 13.2 Å². The molecule has 0 aromatic heterocycles. The Morgan fingerprint density at radius 3 is 2.39 bits per heavy atom. The summed E-state index contributed by atoms with van der Waals surface area (Å²) >= 11 is 0. The summed E-state index contributed by atoms with van der Waals surface area (Å²) in [5.41, 5.74) is 6.96. The van der Waals surface area contributed by atoms with Crippen molar-refractivity contribution in [2.75, 3.05) is 13.1 Å². The van der Waals surface area contributed by atoms with Gasteiger partial charge in [-0.1, -0.05) is 36.4 Å². The fraction of sp³-hybridized carbons (Fsp3) is 0.350. The van der Waals surface area contributed by atoms with Crippen LogP contribution in [0.15, 0.2) is 59.5 Å². The molecule has 2 aromatic rings. The van der Waals surface area contributed by atoms with Crippen LogP contribution in [0.25, 0.3) is 0 Å². The quantitative estimate of drug-likeness (QED) is 0.646. The fourth-order valence-corrected chi connectivity index (χ4v) is 3.99. The van der Waals surface area contributed by atoms with E-state index in [1.807, 2.05) is 30.3 Å². The molecule has 8 heteroatoms. The number of amides is 1. The molecule has 0 aliphatic heterocycles. The van der Waals surface area contributed by atoms with Gasteiger partial charge in [-0.25, -0.2) is 13.1 Å². The maximum absolute atomic E-state index is 13.0. The number of halogens is 1. The molecule has 0 radical (unpaired) electrons. The van der Waals surface area contributed by atoms with Crippen molar-refractivity contribution in [1.29, 1.82) is 0 Å². The maximum Gasteiger partial charge on any atom is 0.254 e. The Labute approximate surface area is 173 Å². The first-order valence-corrected chi connectivity index (χ1v) is 10.5. The van der Waals surface area contributed by atoms with Gasteiger partial charge in [0.15, 0.2) is 0 Å². The van der Waals surface area contributed by atoms with Crippen molar-refractivity contribution in [2.45, 2.75) is 37.8 Å². The average molecular weight is 426 g/mol. The second kappa shape index (κ2) is 11.2. The van der Waals surface area contributed by atoms with Gasteiger partial charge in [-0.2, -0.15) is 0 Å². The number of nitrogens with zero attached hydrogens (tertiary/aromatic N) is 1. The third kappa shape index (κ3) is 6.91. The van der Waals surface area contributed by atoms with Gasteiger partial charge in [-0.3, -0.25) is 4.79 Å². The highest BCUT2D eigenvalue weighted by Gasteiger charge is 2.20. The summed E-state index contributed by atoms with van der Waals surface area (Å²) in [7, 11) is -3.66. The highest BCUT2D eigenvalue weighted by Crippen LogP contribution is 2.16. The number of nitrogens with two attached hydrogens (primary N) is 1. The second-order valence-electron chi connectivity index (χ2n) is 6.66. The average Bonchev–Trinajstić information content (AvgIpc) is 2.64. The van der Waals surface area contributed by atoms with Gasteiger partial charge in [-0.15, -0.1) is 12.4 Å². The van der Waals surface area contributed by atoms with Gasteiger partial charge in [0.05, 0.1) is 4.90 Å². The van der Waals surface area contributed by atoms with Gasteiger partial charge < -0.3 is 10.6 Å². The third-order valence-corrected chi connectivity index (χ3v) is 5.57. The van der Waals surface area contributed by atoms with E-state index in [1.165, 1.54) is 12.1 Å². The van der Waals surface area contributed by atoms with Crippen molar-refractivity contribution in [3.05, 3.63) is 65.7 Å². The Morgan fingerprint density at radius 1 is 1.11 bits per heavy atom. The Balaban J connectivity index is 0.00000392. The number of sulfonamides is 1. The molecule has 3 N–H and O–H groups in total. The van der Waals surface area contributed by atoms with Crippen molar-refractivity contribution in [2.24, 2.45) is 5.73 Å². The van der Waals surface area contributed by atoms with Crippen molar-refractivity contribution >= 4 is 28.3 Å². The molecule has 0 aliphatic carbocycles. The molecule has 0 unspecified atom stereocenters. The predicted octanol–water partition coefficient (Wildman–Crippen LogP) is 2.79. The van der Waals surface area contributed by atoms with Gasteiger partial charge in [0, 0.05) is 24.7 Å². The minimum absolute atomic E-state index is 0. The monoisotopic (exact) mass is 425 g/mol. The van der Waals surface area contributed by atoms with Crippen LogP contribution in [0, 0.1) is 0 Å². The maximum atomic E-state index is 13.0. The lowest BCUT2D eigenvalue weighted by atomic mass is 10.1. The minimum atomic E-state index is -3.66. The van der Waals surface area contributed by atoms with E-state index in [0.717, 1.165) is 5.56 Å². The van der Waals surface area contributed by atoms with E-state index in [1.54, 1.807) is 30.9 Å². The van der Waals surface area contributed by atoms with Crippen LogP contribution in [0.3, 0.4) is 0 Å². The van der Waals surface area contributed by atoms with Crippen LogP contribution in [0.1, 0.15) is 36.2 Å². The molecule has 0 atom stereocenters. The Morgan fingerprint density at radius 2 is 1.79 bits per heavy atom. The number of benzene rings is 2. The smallest absolute Gasteiger partial charge is 0.254 e. The van der Waals surface area contributed by atoms with Crippen molar-refractivity contribution in [3.63, 3.8) is 0 Å². The van der Waals surface area contributed by atoms with Crippen LogP contribution >= 0.6 is 12.4 Å². The lowest BCUT2D eigenvalue weighted by Crippen LogP contribution is -2.33. The van der Waals surface area contributed by atoms with Crippen molar-refractivity contribution in [3.8, 4) is 0 Å². The minimum Gasteiger partial charge on any atom is -0.334 e. The van der Waals surface area contributed by atoms with Crippen LogP contribution in [0.5, 0.6) is 0 Å². The third-order valence-electron chi connectivity index (χ3n) is 3.92. The molecule has 6 nitrogen and oxygen atoms in total. The fourth-order valence-electron chi connectivity index (χ4n) is 2.70. The Bertz CT molecular complexity index is 858. The highest BCUT2D eigenvalue weighted by atomic mass is 35.5. The number of hydrogen-bond donors (Lipinski definition) is 2. The molecule has 2 rings (SSSR count). The van der Waals surface area contributed by atoms with Gasteiger partial charge >= 0.3 is 0 Å². The molecule has 154 valence electrons. The summed E-state index contributed by atoms with van der Waals surface area (Å²) in [4.78, 5) is 14.8. The zero-order valence-corrected chi connectivity index (χ0v) is 17.8. The molecule has 0 saturated carbocycles. The Hall–Kier alpha value is -1.93. The first kappa shape index (κ1) is 24.1. The summed E-state index contributed by atoms with van der Waals surface area (Å²) in [5.74, 6) is -0.214. The summed E-state index contributed by atoms with van der Waals surface area (Å²) in [5, 5.41) is 0. The van der Waals surface area contributed by atoms with Crippen LogP contribution < -0.4 is 10.5 Å². The molecule has 0 fully saturated rings. The number of carbonyl (C=O) groups excluding carboxylic acids is 1. The first-order valence-electron chi connectivity index (χ1n) is 8.99. The summed E-state index contributed by atoms with van der Waals surface area (Å²) < 4.78 is 27.3. The molecule has 2 aromatic carbocycles. The molecule has 0 spiro atoms. The van der Waals surface area contributed by atoms with Gasteiger partial charge in [0.25, 0.3) is 5.91 Å². The van der Waals surface area contributed by atoms with Crippen LogP contribution in [0.2, 0.25) is 0 Å². The van der Waals surface area contributed by atoms with E-state index in [0.29, 0.717) is 31.6 Å². The summed E-state index contributed by atoms with van der Waals surface area (Å²) in [6.45, 7) is 4.93. The number of hydrogen-bond acceptors (Lipinski definition) is 4. The normalized spacial score (nSPS) is 11.1. The van der Waals surface area contributed by atoms with E-state index in [2.05, 4.69) is 4.72 Å². The molecular weight excluding hydrogens is 398 g/mol. The van der Waals surface area contributed by atoms with E-state index >= 15 is 0 Å². The van der Waals surface area contributed by atoms with Gasteiger partial charge in [-0.05, 0) is 50.6 Å². The first-order chi connectivity index (χ1) is 12.8. The molecule has 0 aliphatic rings. The molecule has 0 saturated heterocycles. The second-order valence-corrected chi connectivity index (χ2v) is 8.37. The zero-order valence-electron chi connectivity index (χ0n) is 16.2. The predicted molar refractivity (Wildman–Crippen MR) is 114 cm³/mol. The number of rotatable bonds is 9. The molecular formula is C20H28ClN3O3S. The number of nitrogens with one attached hydrogen (secondary N) is 1. The molecule has 0 bridgehead atoms. The summed E-state index contributed by atoms with van der Waals surface area (Å²) in [6, 6.07) is 15.6. The van der Waals surface area contributed by atoms with E-state index in [4.69, 9.17) is 5.73 Å². The van der Waals surface area contributed by atoms with Crippen LogP contribution in [-0.2, 0) is 16.6 Å². The Kier molecular flexibility index (Phi) is 9.61. The lowest BCUT2D eigenvalue weighted by molar-refractivity contribution is 0.0742. The molecule has 28 heavy (non-hydrogen) atoms. The van der Waals surface area contributed by atoms with E-state index in [-0.39, 0.29) is 29.3 Å². The standard InChI is InChI=1S/C20H27N3O3S.ClH/c1-16(2)22-27(25,26)19-11-6-10-18(14-19)20(24)23(13-7-12-21)15-17-8-4-3-5-9-17;/h3-6,8-11,14,16,22H,7,12-13,15,21H2,1-2H3;1H. The summed E-state index contributed by atoms with van der Waals surface area (Å²) in [6.07, 6.45) is 0.672. The zero-order chi connectivity index (χ0) is 19.9.